The molecule has 32 heavy (non-hydrogen) atoms. The summed E-state index contributed by atoms with van der Waals surface area (Å²) in [7, 11) is 0. The summed E-state index contributed by atoms with van der Waals surface area (Å²) in [6, 6.07) is 16.7. The number of carbonyl (C=O) groups excluding carboxylic acids is 4. The maximum Gasteiger partial charge on any atom is 0.408 e. The van der Waals surface area contributed by atoms with Crippen molar-refractivity contribution in [3.05, 3.63) is 71.8 Å². The van der Waals surface area contributed by atoms with E-state index in [1.807, 2.05) is 60.7 Å². The van der Waals surface area contributed by atoms with Gasteiger partial charge in [-0.2, -0.15) is 0 Å². The van der Waals surface area contributed by atoms with E-state index in [4.69, 9.17) is 9.47 Å². The molecule has 3 rings (SSSR count). The molecular formula is C23H25N3O6. The molecule has 1 fully saturated rings. The number of hydrogen-bond acceptors (Lipinski definition) is 6. The highest BCUT2D eigenvalue weighted by molar-refractivity contribution is 5.95. The van der Waals surface area contributed by atoms with Gasteiger partial charge in [0.15, 0.2) is 6.04 Å². The molecular weight excluding hydrogens is 414 g/mol. The number of amides is 3. The SMILES string of the molecule is CC(=O)O[C@@H]1NC(=O)[C@H]1NC(=O)[C@H](CCc1ccccc1)NC(=O)OCc1ccccc1. The maximum atomic E-state index is 12.9. The molecule has 2 aromatic carbocycles. The van der Waals surface area contributed by atoms with Gasteiger partial charge in [0, 0.05) is 6.92 Å². The quantitative estimate of drug-likeness (QED) is 0.401. The van der Waals surface area contributed by atoms with Gasteiger partial charge in [-0.3, -0.25) is 14.4 Å². The van der Waals surface area contributed by atoms with Gasteiger partial charge in [0.05, 0.1) is 0 Å². The molecule has 9 heteroatoms. The van der Waals surface area contributed by atoms with Crippen LogP contribution in [-0.2, 0) is 36.9 Å². The van der Waals surface area contributed by atoms with Gasteiger partial charge in [0.1, 0.15) is 12.6 Å². The van der Waals surface area contributed by atoms with E-state index in [-0.39, 0.29) is 13.0 Å². The number of aryl methyl sites for hydroxylation is 1. The molecule has 1 aliphatic rings. The van der Waals surface area contributed by atoms with Gasteiger partial charge in [0.25, 0.3) is 5.91 Å². The van der Waals surface area contributed by atoms with Crippen molar-refractivity contribution in [3.8, 4) is 0 Å². The number of alkyl carbamates (subject to hydrolysis) is 1. The Hall–Kier alpha value is -3.88. The molecule has 2 aromatic rings. The second-order valence-electron chi connectivity index (χ2n) is 7.31. The van der Waals surface area contributed by atoms with Crippen LogP contribution in [0.3, 0.4) is 0 Å². The molecule has 0 bridgehead atoms. The van der Waals surface area contributed by atoms with Crippen LogP contribution in [0.2, 0.25) is 0 Å². The molecule has 0 spiro atoms. The lowest BCUT2D eigenvalue weighted by Gasteiger charge is -2.36. The normalized spacial score (nSPS) is 17.8. The van der Waals surface area contributed by atoms with Gasteiger partial charge in [-0.15, -0.1) is 0 Å². The van der Waals surface area contributed by atoms with Crippen molar-refractivity contribution in [1.82, 2.24) is 16.0 Å². The van der Waals surface area contributed by atoms with Crippen molar-refractivity contribution in [2.45, 2.75) is 44.7 Å². The molecule has 168 valence electrons. The second kappa shape index (κ2) is 10.9. The van der Waals surface area contributed by atoms with Crippen LogP contribution >= 0.6 is 0 Å². The highest BCUT2D eigenvalue weighted by atomic mass is 16.6. The van der Waals surface area contributed by atoms with Crippen molar-refractivity contribution in [2.24, 2.45) is 0 Å². The number of ether oxygens (including phenoxy) is 2. The lowest BCUT2D eigenvalue weighted by Crippen LogP contribution is -2.71. The van der Waals surface area contributed by atoms with E-state index in [1.165, 1.54) is 6.92 Å². The lowest BCUT2D eigenvalue weighted by atomic mass is 10.0. The predicted molar refractivity (Wildman–Crippen MR) is 114 cm³/mol. The molecule has 9 nitrogen and oxygen atoms in total. The topological polar surface area (TPSA) is 123 Å². The Morgan fingerprint density at radius 1 is 1.00 bits per heavy atom. The zero-order chi connectivity index (χ0) is 22.9. The van der Waals surface area contributed by atoms with Crippen molar-refractivity contribution in [2.75, 3.05) is 0 Å². The number of carbonyl (C=O) groups is 4. The monoisotopic (exact) mass is 439 g/mol. The van der Waals surface area contributed by atoms with Crippen LogP contribution in [0.25, 0.3) is 0 Å². The third kappa shape index (κ3) is 6.56. The molecule has 0 aromatic heterocycles. The Bertz CT molecular complexity index is 951. The fourth-order valence-electron chi connectivity index (χ4n) is 3.16. The van der Waals surface area contributed by atoms with Gasteiger partial charge in [-0.25, -0.2) is 4.79 Å². The van der Waals surface area contributed by atoms with E-state index in [0.717, 1.165) is 11.1 Å². The largest absolute Gasteiger partial charge is 0.445 e. The Balaban J connectivity index is 1.61. The number of esters is 1. The minimum Gasteiger partial charge on any atom is -0.445 e. The third-order valence-corrected chi connectivity index (χ3v) is 4.85. The van der Waals surface area contributed by atoms with E-state index >= 15 is 0 Å². The van der Waals surface area contributed by atoms with E-state index in [1.54, 1.807) is 0 Å². The van der Waals surface area contributed by atoms with Crippen molar-refractivity contribution >= 4 is 23.9 Å². The molecule has 0 radical (unpaired) electrons. The standard InChI is InChI=1S/C23H25N3O6/c1-15(27)32-22-19(21(29)26-22)25-20(28)18(13-12-16-8-4-2-5-9-16)24-23(30)31-14-17-10-6-3-7-11-17/h2-11,18-19,22H,12-14H2,1H3,(H,24,30)(H,25,28)(H,26,29)/t18-,19+,22-/m0/s1. The molecule has 3 atom stereocenters. The molecule has 1 saturated heterocycles. The summed E-state index contributed by atoms with van der Waals surface area (Å²) < 4.78 is 10.2. The first-order chi connectivity index (χ1) is 15.4. The second-order valence-corrected chi connectivity index (χ2v) is 7.31. The van der Waals surface area contributed by atoms with E-state index in [2.05, 4.69) is 16.0 Å². The molecule has 1 aliphatic heterocycles. The first-order valence-corrected chi connectivity index (χ1v) is 10.2. The Kier molecular flexibility index (Phi) is 7.80. The molecule has 0 unspecified atom stereocenters. The third-order valence-electron chi connectivity index (χ3n) is 4.85. The summed E-state index contributed by atoms with van der Waals surface area (Å²) in [6.45, 7) is 1.26. The average molecular weight is 439 g/mol. The van der Waals surface area contributed by atoms with Crippen LogP contribution in [0, 0.1) is 0 Å². The number of rotatable bonds is 9. The molecule has 3 N–H and O–H groups in total. The minimum atomic E-state index is -1.02. The number of benzene rings is 2. The highest BCUT2D eigenvalue weighted by Gasteiger charge is 2.43. The molecule has 0 aliphatic carbocycles. The molecule has 0 saturated carbocycles. The fraction of sp³-hybridized carbons (Fsp3) is 0.304. The Morgan fingerprint density at radius 2 is 1.62 bits per heavy atom. The van der Waals surface area contributed by atoms with E-state index in [9.17, 15) is 19.2 Å². The van der Waals surface area contributed by atoms with Crippen LogP contribution in [0.15, 0.2) is 60.7 Å². The van der Waals surface area contributed by atoms with Gasteiger partial charge < -0.3 is 25.4 Å². The van der Waals surface area contributed by atoms with Crippen molar-refractivity contribution < 1.29 is 28.7 Å². The van der Waals surface area contributed by atoms with Crippen molar-refractivity contribution in [3.63, 3.8) is 0 Å². The number of nitrogens with one attached hydrogen (secondary N) is 3. The smallest absolute Gasteiger partial charge is 0.408 e. The fourth-order valence-corrected chi connectivity index (χ4v) is 3.16. The van der Waals surface area contributed by atoms with Gasteiger partial charge >= 0.3 is 12.1 Å². The summed E-state index contributed by atoms with van der Waals surface area (Å²) in [4.78, 5) is 48.1. The zero-order valence-electron chi connectivity index (χ0n) is 17.6. The van der Waals surface area contributed by atoms with Gasteiger partial charge in [0.2, 0.25) is 12.1 Å². The summed E-state index contributed by atoms with van der Waals surface area (Å²) in [5.74, 6) is -1.63. The number of hydrogen-bond donors (Lipinski definition) is 3. The van der Waals surface area contributed by atoms with Gasteiger partial charge in [-0.05, 0) is 24.0 Å². The first kappa shape index (κ1) is 22.8. The molecule has 1 heterocycles. The average Bonchev–Trinajstić information content (AvgIpc) is 2.79. The highest BCUT2D eigenvalue weighted by Crippen LogP contribution is 2.11. The van der Waals surface area contributed by atoms with Crippen LogP contribution in [-0.4, -0.2) is 42.2 Å². The summed E-state index contributed by atoms with van der Waals surface area (Å²) in [6.07, 6.45) is -0.897. The number of β-lactam (4-membered cyclic amide) rings is 1. The van der Waals surface area contributed by atoms with Crippen LogP contribution in [0.4, 0.5) is 4.79 Å². The Morgan fingerprint density at radius 3 is 2.22 bits per heavy atom. The van der Waals surface area contributed by atoms with Crippen molar-refractivity contribution in [1.29, 1.82) is 0 Å². The van der Waals surface area contributed by atoms with Crippen LogP contribution in [0.5, 0.6) is 0 Å². The minimum absolute atomic E-state index is 0.0548. The summed E-state index contributed by atoms with van der Waals surface area (Å²) in [5, 5.41) is 7.50. The first-order valence-electron chi connectivity index (χ1n) is 10.2. The molecule has 3 amide bonds. The zero-order valence-corrected chi connectivity index (χ0v) is 17.6. The van der Waals surface area contributed by atoms with Crippen LogP contribution < -0.4 is 16.0 Å². The Labute approximate surface area is 185 Å². The van der Waals surface area contributed by atoms with E-state index in [0.29, 0.717) is 6.42 Å². The van der Waals surface area contributed by atoms with Gasteiger partial charge in [-0.1, -0.05) is 60.7 Å². The maximum absolute atomic E-state index is 12.9. The predicted octanol–water partition coefficient (Wildman–Crippen LogP) is 1.42. The summed E-state index contributed by atoms with van der Waals surface area (Å²) in [5.41, 5.74) is 1.80. The lowest BCUT2D eigenvalue weighted by molar-refractivity contribution is -0.164. The van der Waals surface area contributed by atoms with E-state index < -0.39 is 42.2 Å². The summed E-state index contributed by atoms with van der Waals surface area (Å²) >= 11 is 0. The van der Waals surface area contributed by atoms with Crippen LogP contribution in [0.1, 0.15) is 24.5 Å².